The van der Waals surface area contributed by atoms with Gasteiger partial charge in [0, 0.05) is 0 Å². The van der Waals surface area contributed by atoms with Crippen molar-refractivity contribution in [3.8, 4) is 0 Å². The van der Waals surface area contributed by atoms with Crippen LogP contribution in [-0.4, -0.2) is 36.9 Å². The van der Waals surface area contributed by atoms with Gasteiger partial charge in [0.25, 0.3) is 11.7 Å². The number of fused-ring (bicyclic) bond motifs is 1. The number of anilines is 1. The second kappa shape index (κ2) is 4.95. The van der Waals surface area contributed by atoms with E-state index in [-0.39, 0.29) is 11.3 Å². The van der Waals surface area contributed by atoms with Gasteiger partial charge in [-0.3, -0.25) is 19.3 Å². The summed E-state index contributed by atoms with van der Waals surface area (Å²) in [6.07, 6.45) is -4.53. The van der Waals surface area contributed by atoms with Gasteiger partial charge in [-0.15, -0.1) is 0 Å². The molecule has 0 bridgehead atoms. The molecule has 1 N–H and O–H groups in total. The Bertz CT molecular complexity index is 584. The number of para-hydroxylation sites is 1. The highest BCUT2D eigenvalue weighted by molar-refractivity contribution is 6.52. The van der Waals surface area contributed by atoms with Gasteiger partial charge in [-0.05, 0) is 12.1 Å². The molecule has 2 rings (SSSR count). The molecule has 20 heavy (non-hydrogen) atoms. The predicted octanol–water partition coefficient (Wildman–Crippen LogP) is 0.894. The average molecular weight is 286 g/mol. The van der Waals surface area contributed by atoms with Gasteiger partial charge in [0.05, 0.1) is 11.3 Å². The van der Waals surface area contributed by atoms with Crippen LogP contribution < -0.4 is 10.2 Å². The Balaban J connectivity index is 2.09. The summed E-state index contributed by atoms with van der Waals surface area (Å²) in [5, 5.41) is 1.65. The van der Waals surface area contributed by atoms with Crippen LogP contribution in [0.25, 0.3) is 0 Å². The number of hydrogen-bond donors (Lipinski definition) is 1. The minimum absolute atomic E-state index is 0.140. The predicted molar refractivity (Wildman–Crippen MR) is 62.2 cm³/mol. The summed E-state index contributed by atoms with van der Waals surface area (Å²) in [5.41, 5.74) is 0.366. The third-order valence-corrected chi connectivity index (χ3v) is 2.67. The molecule has 8 heteroatoms. The Hall–Kier alpha value is -2.38. The highest BCUT2D eigenvalue weighted by Gasteiger charge is 2.37. The third-order valence-electron chi connectivity index (χ3n) is 2.67. The molecule has 5 nitrogen and oxygen atoms in total. The maximum Gasteiger partial charge on any atom is 0.405 e. The topological polar surface area (TPSA) is 66.5 Å². The standard InChI is InChI=1S/C12H9F3N2O3/c13-12(14,15)6-16-9(18)5-17-8-4-2-1-3-7(8)10(19)11(17)20/h1-4H,5-6H2,(H,16,18). The van der Waals surface area contributed by atoms with Gasteiger partial charge in [-0.1, -0.05) is 12.1 Å². The maximum absolute atomic E-state index is 12.0. The number of benzene rings is 1. The van der Waals surface area contributed by atoms with Crippen molar-refractivity contribution in [3.63, 3.8) is 0 Å². The van der Waals surface area contributed by atoms with Crippen LogP contribution in [0, 0.1) is 0 Å². The lowest BCUT2D eigenvalue weighted by molar-refractivity contribution is -0.137. The van der Waals surface area contributed by atoms with E-state index >= 15 is 0 Å². The van der Waals surface area contributed by atoms with Crippen molar-refractivity contribution in [2.24, 2.45) is 0 Å². The molecule has 0 saturated carbocycles. The maximum atomic E-state index is 12.0. The fourth-order valence-corrected chi connectivity index (χ4v) is 1.80. The number of halogens is 3. The van der Waals surface area contributed by atoms with E-state index < -0.39 is 36.9 Å². The molecular formula is C12H9F3N2O3. The van der Waals surface area contributed by atoms with E-state index in [1.807, 2.05) is 0 Å². The third kappa shape index (κ3) is 2.79. The lowest BCUT2D eigenvalue weighted by Crippen LogP contribution is -2.43. The number of alkyl halides is 3. The van der Waals surface area contributed by atoms with E-state index in [2.05, 4.69) is 0 Å². The van der Waals surface area contributed by atoms with Crippen LogP contribution in [0.5, 0.6) is 0 Å². The lowest BCUT2D eigenvalue weighted by Gasteiger charge is -2.16. The monoisotopic (exact) mass is 286 g/mol. The summed E-state index contributed by atoms with van der Waals surface area (Å²) in [5.74, 6) is -2.68. The summed E-state index contributed by atoms with van der Waals surface area (Å²) in [6.45, 7) is -2.11. The van der Waals surface area contributed by atoms with Crippen LogP contribution in [0.2, 0.25) is 0 Å². The molecule has 0 aromatic heterocycles. The zero-order valence-electron chi connectivity index (χ0n) is 10.0. The average Bonchev–Trinajstić information content (AvgIpc) is 2.62. The van der Waals surface area contributed by atoms with Gasteiger partial charge in [0.1, 0.15) is 13.1 Å². The van der Waals surface area contributed by atoms with Crippen LogP contribution in [-0.2, 0) is 9.59 Å². The molecule has 0 fully saturated rings. The summed E-state index contributed by atoms with van der Waals surface area (Å²) in [4.78, 5) is 35.5. The molecule has 1 aromatic carbocycles. The molecule has 106 valence electrons. The zero-order valence-corrected chi connectivity index (χ0v) is 10.0. The minimum Gasteiger partial charge on any atom is -0.345 e. The quantitative estimate of drug-likeness (QED) is 0.839. The molecule has 2 amide bonds. The molecule has 0 atom stereocenters. The Kier molecular flexibility index (Phi) is 3.47. The van der Waals surface area contributed by atoms with Gasteiger partial charge in [0.15, 0.2) is 0 Å². The molecule has 0 saturated heterocycles. The molecule has 1 aliphatic rings. The summed E-state index contributed by atoms with van der Waals surface area (Å²) in [6, 6.07) is 5.99. The second-order valence-electron chi connectivity index (χ2n) is 4.13. The Morgan fingerprint density at radius 1 is 1.20 bits per heavy atom. The summed E-state index contributed by atoms with van der Waals surface area (Å²) >= 11 is 0. The fourth-order valence-electron chi connectivity index (χ4n) is 1.80. The van der Waals surface area contributed by atoms with Crippen molar-refractivity contribution in [2.75, 3.05) is 18.0 Å². The number of carbonyl (C=O) groups excluding carboxylic acids is 3. The van der Waals surface area contributed by atoms with E-state index in [1.165, 1.54) is 12.1 Å². The van der Waals surface area contributed by atoms with E-state index in [9.17, 15) is 27.6 Å². The van der Waals surface area contributed by atoms with Gasteiger partial charge < -0.3 is 5.32 Å². The fraction of sp³-hybridized carbons (Fsp3) is 0.250. The first-order valence-corrected chi connectivity index (χ1v) is 5.58. The first-order chi connectivity index (χ1) is 9.29. The molecular weight excluding hydrogens is 277 g/mol. The highest BCUT2D eigenvalue weighted by Crippen LogP contribution is 2.27. The molecule has 1 aliphatic heterocycles. The molecule has 0 aliphatic carbocycles. The van der Waals surface area contributed by atoms with Crippen LogP contribution in [0.15, 0.2) is 24.3 Å². The molecule has 1 aromatic rings. The van der Waals surface area contributed by atoms with Gasteiger partial charge in [-0.2, -0.15) is 13.2 Å². The van der Waals surface area contributed by atoms with E-state index in [4.69, 9.17) is 0 Å². The van der Waals surface area contributed by atoms with Crippen LogP contribution in [0.1, 0.15) is 10.4 Å². The van der Waals surface area contributed by atoms with E-state index in [0.29, 0.717) is 0 Å². The normalized spacial score (nSPS) is 14.4. The van der Waals surface area contributed by atoms with E-state index in [1.54, 1.807) is 17.4 Å². The van der Waals surface area contributed by atoms with Crippen molar-refractivity contribution in [3.05, 3.63) is 29.8 Å². The first kappa shape index (κ1) is 14.0. The summed E-state index contributed by atoms with van der Waals surface area (Å²) < 4.78 is 35.9. The van der Waals surface area contributed by atoms with Gasteiger partial charge >= 0.3 is 6.18 Å². The minimum atomic E-state index is -4.53. The molecule has 0 radical (unpaired) electrons. The number of ketones is 1. The van der Waals surface area contributed by atoms with Crippen molar-refractivity contribution in [1.82, 2.24) is 5.32 Å². The van der Waals surface area contributed by atoms with Crippen LogP contribution in [0.3, 0.4) is 0 Å². The number of carbonyl (C=O) groups is 3. The molecule has 0 spiro atoms. The Labute approximate surface area is 111 Å². The smallest absolute Gasteiger partial charge is 0.345 e. The Morgan fingerprint density at radius 2 is 1.85 bits per heavy atom. The van der Waals surface area contributed by atoms with Gasteiger partial charge in [0.2, 0.25) is 5.91 Å². The van der Waals surface area contributed by atoms with Crippen molar-refractivity contribution < 1.29 is 27.6 Å². The Morgan fingerprint density at radius 3 is 2.50 bits per heavy atom. The van der Waals surface area contributed by atoms with Crippen LogP contribution >= 0.6 is 0 Å². The SMILES string of the molecule is O=C(CN1C(=O)C(=O)c2ccccc21)NCC(F)(F)F. The van der Waals surface area contributed by atoms with Crippen molar-refractivity contribution >= 4 is 23.3 Å². The van der Waals surface area contributed by atoms with Crippen molar-refractivity contribution in [1.29, 1.82) is 0 Å². The number of nitrogens with one attached hydrogen (secondary N) is 1. The highest BCUT2D eigenvalue weighted by atomic mass is 19.4. The van der Waals surface area contributed by atoms with Gasteiger partial charge in [-0.25, -0.2) is 0 Å². The molecule has 0 unspecified atom stereocenters. The summed E-state index contributed by atoms with van der Waals surface area (Å²) in [7, 11) is 0. The van der Waals surface area contributed by atoms with E-state index in [0.717, 1.165) is 4.90 Å². The van der Waals surface area contributed by atoms with Crippen LogP contribution in [0.4, 0.5) is 18.9 Å². The number of amides is 2. The number of rotatable bonds is 3. The van der Waals surface area contributed by atoms with Crippen molar-refractivity contribution in [2.45, 2.75) is 6.18 Å². The first-order valence-electron chi connectivity index (χ1n) is 5.58. The zero-order chi connectivity index (χ0) is 14.9. The number of nitrogens with zero attached hydrogens (tertiary/aromatic N) is 1. The number of Topliss-reactive ketones (excluding diaryl/α,β-unsaturated/α-hetero) is 1. The number of hydrogen-bond acceptors (Lipinski definition) is 3. The second-order valence-corrected chi connectivity index (χ2v) is 4.13. The molecule has 1 heterocycles. The lowest BCUT2D eigenvalue weighted by atomic mass is 10.1. The largest absolute Gasteiger partial charge is 0.405 e.